The molecular weight excluding hydrogens is 324 g/mol. The highest BCUT2D eigenvalue weighted by molar-refractivity contribution is 8.00. The Balaban J connectivity index is 2.63. The number of aromatic nitrogens is 2. The first-order valence-corrected chi connectivity index (χ1v) is 8.07. The number of rotatable bonds is 4. The number of hydrogen-bond acceptors (Lipinski definition) is 5. The van der Waals surface area contributed by atoms with Crippen molar-refractivity contribution in [2.45, 2.75) is 37.2 Å². The van der Waals surface area contributed by atoms with Crippen LogP contribution in [-0.4, -0.2) is 27.9 Å². The molecule has 1 aromatic carbocycles. The minimum Gasteiger partial charge on any atom is -0.468 e. The van der Waals surface area contributed by atoms with Gasteiger partial charge in [-0.2, -0.15) is 0 Å². The van der Waals surface area contributed by atoms with E-state index in [1.807, 2.05) is 13.8 Å². The molecule has 1 heterocycles. The van der Waals surface area contributed by atoms with Crippen LogP contribution in [0.4, 0.5) is 0 Å². The third-order valence-electron chi connectivity index (χ3n) is 3.16. The second-order valence-corrected chi connectivity index (χ2v) is 6.85. The Kier molecular flexibility index (Phi) is 5.13. The zero-order valence-corrected chi connectivity index (χ0v) is 14.4. The summed E-state index contributed by atoms with van der Waals surface area (Å²) in [5.41, 5.74) is 0.380. The van der Waals surface area contributed by atoms with Gasteiger partial charge < -0.3 is 4.74 Å². The average Bonchev–Trinajstić information content (AvgIpc) is 2.45. The number of nitrogens with zero attached hydrogens (tertiary/aromatic N) is 2. The van der Waals surface area contributed by atoms with Crippen molar-refractivity contribution in [1.29, 1.82) is 0 Å². The van der Waals surface area contributed by atoms with E-state index in [9.17, 15) is 9.59 Å². The number of carbonyl (C=O) groups is 1. The van der Waals surface area contributed by atoms with E-state index in [1.54, 1.807) is 29.7 Å². The van der Waals surface area contributed by atoms with Gasteiger partial charge in [0.1, 0.15) is 5.25 Å². The number of benzene rings is 1. The van der Waals surface area contributed by atoms with Crippen molar-refractivity contribution in [3.8, 4) is 0 Å². The average molecular weight is 341 g/mol. The fourth-order valence-corrected chi connectivity index (χ4v) is 3.30. The summed E-state index contributed by atoms with van der Waals surface area (Å²) in [6.07, 6.45) is 0. The van der Waals surface area contributed by atoms with Gasteiger partial charge in [-0.15, -0.1) is 0 Å². The highest BCUT2D eigenvalue weighted by Crippen LogP contribution is 2.26. The summed E-state index contributed by atoms with van der Waals surface area (Å²) in [5, 5.41) is 1.04. The maximum atomic E-state index is 12.7. The van der Waals surface area contributed by atoms with Gasteiger partial charge in [0.15, 0.2) is 5.16 Å². The number of ether oxygens (including phenoxy) is 1. The van der Waals surface area contributed by atoms with Crippen molar-refractivity contribution in [3.63, 3.8) is 0 Å². The van der Waals surface area contributed by atoms with Gasteiger partial charge in [-0.05, 0) is 39.0 Å². The number of fused-ring (bicyclic) bond motifs is 1. The van der Waals surface area contributed by atoms with Gasteiger partial charge >= 0.3 is 5.97 Å². The van der Waals surface area contributed by atoms with E-state index in [2.05, 4.69) is 4.98 Å². The standard InChI is InChI=1S/C15H17ClN2O3S/c1-8(2)18-13(19)11-6-5-10(16)7-12(11)17-15(18)22-9(3)14(20)21-4/h5-9H,1-4H3. The van der Waals surface area contributed by atoms with Crippen molar-refractivity contribution >= 4 is 40.2 Å². The summed E-state index contributed by atoms with van der Waals surface area (Å²) in [6.45, 7) is 5.52. The summed E-state index contributed by atoms with van der Waals surface area (Å²) in [4.78, 5) is 28.8. The van der Waals surface area contributed by atoms with Crippen molar-refractivity contribution in [3.05, 3.63) is 33.6 Å². The molecule has 0 aliphatic heterocycles. The maximum absolute atomic E-state index is 12.7. The van der Waals surface area contributed by atoms with Gasteiger partial charge in [0.25, 0.3) is 5.56 Å². The summed E-state index contributed by atoms with van der Waals surface area (Å²) in [5.74, 6) is -0.360. The molecule has 1 aromatic heterocycles. The third kappa shape index (κ3) is 3.28. The van der Waals surface area contributed by atoms with Crippen LogP contribution in [0.5, 0.6) is 0 Å². The summed E-state index contributed by atoms with van der Waals surface area (Å²) < 4.78 is 6.31. The van der Waals surface area contributed by atoms with E-state index in [0.29, 0.717) is 21.1 Å². The molecule has 1 atom stereocenters. The van der Waals surface area contributed by atoms with E-state index in [-0.39, 0.29) is 17.6 Å². The quantitative estimate of drug-likeness (QED) is 0.485. The van der Waals surface area contributed by atoms with Crippen LogP contribution < -0.4 is 5.56 Å². The smallest absolute Gasteiger partial charge is 0.318 e. The van der Waals surface area contributed by atoms with Crippen molar-refractivity contribution in [1.82, 2.24) is 9.55 Å². The SMILES string of the molecule is COC(=O)C(C)Sc1nc2cc(Cl)ccc2c(=O)n1C(C)C. The molecule has 1 unspecified atom stereocenters. The normalized spacial score (nSPS) is 12.6. The molecule has 0 N–H and O–H groups in total. The molecule has 0 fully saturated rings. The maximum Gasteiger partial charge on any atom is 0.318 e. The van der Waals surface area contributed by atoms with Crippen LogP contribution in [-0.2, 0) is 9.53 Å². The third-order valence-corrected chi connectivity index (χ3v) is 4.44. The first-order chi connectivity index (χ1) is 10.3. The number of thioether (sulfide) groups is 1. The highest BCUT2D eigenvalue weighted by atomic mass is 35.5. The van der Waals surface area contributed by atoms with Crippen LogP contribution in [0.25, 0.3) is 10.9 Å². The minimum atomic E-state index is -0.460. The second-order valence-electron chi connectivity index (χ2n) is 5.11. The lowest BCUT2D eigenvalue weighted by atomic mass is 10.2. The molecule has 0 amide bonds. The predicted molar refractivity (Wildman–Crippen MR) is 88.7 cm³/mol. The fraction of sp³-hybridized carbons (Fsp3) is 0.400. The number of esters is 1. The van der Waals surface area contributed by atoms with Gasteiger partial charge in [-0.25, -0.2) is 4.98 Å². The Hall–Kier alpha value is -1.53. The molecule has 22 heavy (non-hydrogen) atoms. The Morgan fingerprint density at radius 2 is 2.05 bits per heavy atom. The molecule has 0 saturated carbocycles. The molecule has 0 bridgehead atoms. The van der Waals surface area contributed by atoms with E-state index >= 15 is 0 Å². The van der Waals surface area contributed by atoms with Crippen LogP contribution in [0.1, 0.15) is 26.8 Å². The molecule has 0 radical (unpaired) electrons. The molecule has 0 aliphatic carbocycles. The molecule has 5 nitrogen and oxygen atoms in total. The Morgan fingerprint density at radius 1 is 1.36 bits per heavy atom. The van der Waals surface area contributed by atoms with Crippen molar-refractivity contribution in [2.75, 3.05) is 7.11 Å². The Bertz CT molecular complexity index is 773. The van der Waals surface area contributed by atoms with Crippen LogP contribution in [0.2, 0.25) is 5.02 Å². The molecule has 0 aliphatic rings. The van der Waals surface area contributed by atoms with Gasteiger partial charge in [-0.3, -0.25) is 14.2 Å². The molecular formula is C15H17ClN2O3S. The first-order valence-electron chi connectivity index (χ1n) is 6.81. The first kappa shape index (κ1) is 16.8. The largest absolute Gasteiger partial charge is 0.468 e. The summed E-state index contributed by atoms with van der Waals surface area (Å²) >= 11 is 7.17. The summed E-state index contributed by atoms with van der Waals surface area (Å²) in [7, 11) is 1.34. The van der Waals surface area contributed by atoms with Crippen LogP contribution in [0.3, 0.4) is 0 Å². The van der Waals surface area contributed by atoms with Crippen molar-refractivity contribution < 1.29 is 9.53 Å². The Labute approximate surface area is 137 Å². The highest BCUT2D eigenvalue weighted by Gasteiger charge is 2.21. The van der Waals surface area contributed by atoms with Crippen LogP contribution >= 0.6 is 23.4 Å². The predicted octanol–water partition coefficient (Wildman–Crippen LogP) is 3.28. The lowest BCUT2D eigenvalue weighted by Crippen LogP contribution is -2.26. The second kappa shape index (κ2) is 6.71. The fourth-order valence-electron chi connectivity index (χ4n) is 2.06. The van der Waals surface area contributed by atoms with Crippen molar-refractivity contribution in [2.24, 2.45) is 0 Å². The molecule has 118 valence electrons. The zero-order valence-electron chi connectivity index (χ0n) is 12.8. The number of methoxy groups -OCH3 is 1. The number of halogens is 1. The van der Waals surface area contributed by atoms with E-state index in [1.165, 1.54) is 18.9 Å². The lowest BCUT2D eigenvalue weighted by Gasteiger charge is -2.17. The van der Waals surface area contributed by atoms with Gasteiger partial charge in [0.05, 0.1) is 18.0 Å². The van der Waals surface area contributed by atoms with Crippen LogP contribution in [0, 0.1) is 0 Å². The number of carbonyl (C=O) groups excluding carboxylic acids is 1. The van der Waals surface area contributed by atoms with Crippen LogP contribution in [0.15, 0.2) is 28.2 Å². The summed E-state index contributed by atoms with van der Waals surface area (Å²) in [6, 6.07) is 4.91. The van der Waals surface area contributed by atoms with E-state index in [4.69, 9.17) is 16.3 Å². The molecule has 2 aromatic rings. The molecule has 0 spiro atoms. The Morgan fingerprint density at radius 3 is 2.64 bits per heavy atom. The van der Waals surface area contributed by atoms with Gasteiger partial charge in [0, 0.05) is 11.1 Å². The van der Waals surface area contributed by atoms with E-state index in [0.717, 1.165) is 0 Å². The van der Waals surface area contributed by atoms with Gasteiger partial charge in [0.2, 0.25) is 0 Å². The van der Waals surface area contributed by atoms with E-state index < -0.39 is 5.25 Å². The topological polar surface area (TPSA) is 61.2 Å². The van der Waals surface area contributed by atoms with Gasteiger partial charge in [-0.1, -0.05) is 23.4 Å². The molecule has 7 heteroatoms. The molecule has 0 saturated heterocycles. The lowest BCUT2D eigenvalue weighted by molar-refractivity contribution is -0.139. The zero-order chi connectivity index (χ0) is 16.4. The monoisotopic (exact) mass is 340 g/mol. The number of hydrogen-bond donors (Lipinski definition) is 0. The minimum absolute atomic E-state index is 0.0765. The molecule has 2 rings (SSSR count).